The summed E-state index contributed by atoms with van der Waals surface area (Å²) in [5.74, 6) is -0.950. The summed E-state index contributed by atoms with van der Waals surface area (Å²) in [7, 11) is 0. The van der Waals surface area contributed by atoms with E-state index in [0.717, 1.165) is 29.6 Å². The van der Waals surface area contributed by atoms with E-state index < -0.39 is 48.2 Å². The summed E-state index contributed by atoms with van der Waals surface area (Å²) in [6, 6.07) is 2.72. The number of fused-ring (bicyclic) bond motifs is 2. The van der Waals surface area contributed by atoms with Gasteiger partial charge >= 0.3 is 196 Å². The molecule has 5 rings (SSSR count). The number of alkyl halides is 6. The van der Waals surface area contributed by atoms with Gasteiger partial charge in [0.1, 0.15) is 0 Å². The van der Waals surface area contributed by atoms with Gasteiger partial charge in [0, 0.05) is 0 Å². The van der Waals surface area contributed by atoms with Crippen molar-refractivity contribution in [2.45, 2.75) is 64.4 Å². The Morgan fingerprint density at radius 1 is 1.03 bits per heavy atom. The van der Waals surface area contributed by atoms with E-state index in [1.807, 2.05) is 19.7 Å². The molecule has 0 unspecified atom stereocenters. The Morgan fingerprint density at radius 2 is 1.73 bits per heavy atom. The number of rotatable bonds is 5. The number of likely N-dealkylation sites (tertiary alicyclic amines) is 1. The maximum atomic E-state index is 13.5. The van der Waals surface area contributed by atoms with Gasteiger partial charge in [0.15, 0.2) is 0 Å². The predicted octanol–water partition coefficient (Wildman–Crippen LogP) is 4.41. The number of pyridine rings is 1. The van der Waals surface area contributed by atoms with Crippen molar-refractivity contribution in [2.75, 3.05) is 23.3 Å². The van der Waals surface area contributed by atoms with Gasteiger partial charge in [0.25, 0.3) is 0 Å². The van der Waals surface area contributed by atoms with Gasteiger partial charge in [-0.25, -0.2) is 0 Å². The number of carbonyl (C=O) groups is 1. The summed E-state index contributed by atoms with van der Waals surface area (Å²) in [6.45, 7) is 0.255. The molecule has 2 aromatic rings. The van der Waals surface area contributed by atoms with Crippen molar-refractivity contribution in [2.24, 2.45) is 0 Å². The van der Waals surface area contributed by atoms with Crippen LogP contribution in [-0.4, -0.2) is 75.5 Å². The first kappa shape index (κ1) is 26.3. The van der Waals surface area contributed by atoms with Crippen LogP contribution in [0.15, 0.2) is 18.3 Å². The Balaban J connectivity index is 1.39. The van der Waals surface area contributed by atoms with Crippen LogP contribution in [0.5, 0.6) is 0 Å². The molecule has 3 aliphatic rings. The van der Waals surface area contributed by atoms with E-state index in [1.165, 1.54) is 0 Å². The van der Waals surface area contributed by atoms with Crippen LogP contribution in [0.1, 0.15) is 36.4 Å². The van der Waals surface area contributed by atoms with E-state index in [1.54, 1.807) is 12.1 Å². The average Bonchev–Trinajstić information content (AvgIpc) is 3.44. The Labute approximate surface area is 213 Å². The molecule has 2 bridgehead atoms. The van der Waals surface area contributed by atoms with E-state index >= 15 is 0 Å². The van der Waals surface area contributed by atoms with Crippen LogP contribution in [0.4, 0.5) is 43.8 Å². The van der Waals surface area contributed by atoms with E-state index in [-0.39, 0.29) is 34.7 Å². The zero-order chi connectivity index (χ0) is 26.9. The summed E-state index contributed by atoms with van der Waals surface area (Å²) in [4.78, 5) is 33.1. The molecule has 4 heterocycles. The Kier molecular flexibility index (Phi) is 6.30. The first-order valence-corrected chi connectivity index (χ1v) is 22.0. The summed E-state index contributed by atoms with van der Waals surface area (Å²) < 4.78 is 79.4. The van der Waals surface area contributed by atoms with Crippen molar-refractivity contribution in [1.29, 1.82) is 0 Å². The van der Waals surface area contributed by atoms with Crippen molar-refractivity contribution >= 4 is 45.4 Å². The van der Waals surface area contributed by atoms with Gasteiger partial charge in [-0.05, 0) is 0 Å². The van der Waals surface area contributed by atoms with Crippen LogP contribution in [0.3, 0.4) is 0 Å². The van der Waals surface area contributed by atoms with Crippen LogP contribution in [0.2, 0.25) is 14.8 Å². The van der Waals surface area contributed by atoms with Gasteiger partial charge < -0.3 is 0 Å². The molecule has 1 N–H and O–H groups in total. The van der Waals surface area contributed by atoms with Gasteiger partial charge in [-0.1, -0.05) is 0 Å². The molecule has 2 aliphatic heterocycles. The normalized spacial score (nSPS) is 22.1. The zero-order valence-corrected chi connectivity index (χ0v) is 23.3. The molecule has 200 valence electrons. The molecule has 37 heavy (non-hydrogen) atoms. The number of hydrogen-bond acceptors (Lipinski definition) is 6. The van der Waals surface area contributed by atoms with Gasteiger partial charge in [-0.3, -0.25) is 4.79 Å². The summed E-state index contributed by atoms with van der Waals surface area (Å²) in [5, 5.41) is 3.06. The molecule has 1 aliphatic carbocycles. The summed E-state index contributed by atoms with van der Waals surface area (Å²) >= 11 is -3.26. The van der Waals surface area contributed by atoms with Gasteiger partial charge in [0.05, 0.1) is 0 Å². The number of carbonyl (C=O) groups excluding carboxylic acids is 1. The van der Waals surface area contributed by atoms with Crippen LogP contribution in [0.25, 0.3) is 0 Å². The zero-order valence-electron chi connectivity index (χ0n) is 20.4. The average molecular weight is 635 g/mol. The van der Waals surface area contributed by atoms with Crippen molar-refractivity contribution in [3.05, 3.63) is 29.6 Å². The number of nitrogens with one attached hydrogen (secondary N) is 1. The predicted molar refractivity (Wildman–Crippen MR) is 127 cm³/mol. The molecular formula is C23H26F6N6OSn. The van der Waals surface area contributed by atoms with Gasteiger partial charge in [-0.15, -0.1) is 0 Å². The second-order valence-electron chi connectivity index (χ2n) is 10.9. The molecule has 0 radical (unpaired) electrons. The number of hydrogen-bond donors (Lipinski definition) is 1. The maximum absolute atomic E-state index is 13.5. The van der Waals surface area contributed by atoms with Crippen LogP contribution >= 0.6 is 0 Å². The third kappa shape index (κ3) is 5.19. The standard InChI is InChI=1S/C20H17F6N6O.3CH3.Sn/c21-19(22,23)11-6-27-18(28-7-11)29-14-3-4-15(30-16(14)10-1-2-10)31-8-13-5-12(31)9-32(13)17(33)20(24,25)26;;;;/h3-4,6,10,12-13H,1-2,5,8-9H2,(H,27,28,29);3*1H3;/t12-,13-;;;;/m1..../s1. The van der Waals surface area contributed by atoms with E-state index in [9.17, 15) is 31.1 Å². The number of amides is 1. The SMILES string of the molecule is [CH3][Sn]([CH3])([CH3])[c]1nc(Nc2ccc(N3C[C@H]4C[C@@H]3CN4C(=O)C(F)(F)F)nc2C2CC2)ncc1C(F)(F)F. The van der Waals surface area contributed by atoms with E-state index in [0.29, 0.717) is 17.9 Å². The second-order valence-corrected chi connectivity index (χ2v) is 25.1. The molecule has 0 aromatic carbocycles. The fraction of sp³-hybridized carbons (Fsp3) is 0.565. The number of anilines is 3. The molecule has 7 nitrogen and oxygen atoms in total. The fourth-order valence-corrected chi connectivity index (χ4v) is 9.25. The van der Waals surface area contributed by atoms with Crippen molar-refractivity contribution < 1.29 is 31.1 Å². The Hall–Kier alpha value is -2.32. The number of piperazine rings is 1. The molecule has 1 saturated carbocycles. The summed E-state index contributed by atoms with van der Waals surface area (Å²) in [5.41, 5.74) is 0.534. The molecule has 2 saturated heterocycles. The van der Waals surface area contributed by atoms with Crippen LogP contribution in [-0.2, 0) is 11.0 Å². The Bertz CT molecular complexity index is 1230. The molecule has 14 heteroatoms. The molecular weight excluding hydrogens is 609 g/mol. The minimum atomic E-state index is -4.89. The monoisotopic (exact) mass is 636 g/mol. The third-order valence-corrected chi connectivity index (χ3v) is 12.1. The molecule has 3 fully saturated rings. The van der Waals surface area contributed by atoms with Gasteiger partial charge in [0.2, 0.25) is 0 Å². The third-order valence-electron chi connectivity index (χ3n) is 6.96. The molecule has 2 atom stereocenters. The number of aromatic nitrogens is 3. The van der Waals surface area contributed by atoms with Crippen molar-refractivity contribution in [3.63, 3.8) is 0 Å². The van der Waals surface area contributed by atoms with Crippen LogP contribution < -0.4 is 13.9 Å². The van der Waals surface area contributed by atoms with E-state index in [2.05, 4.69) is 15.3 Å². The van der Waals surface area contributed by atoms with Crippen molar-refractivity contribution in [1.82, 2.24) is 19.9 Å². The Morgan fingerprint density at radius 3 is 2.27 bits per heavy atom. The van der Waals surface area contributed by atoms with Crippen LogP contribution in [0, 0.1) is 0 Å². The van der Waals surface area contributed by atoms with E-state index in [4.69, 9.17) is 4.98 Å². The van der Waals surface area contributed by atoms with Gasteiger partial charge in [-0.2, -0.15) is 13.2 Å². The minimum absolute atomic E-state index is 0.00962. The quantitative estimate of drug-likeness (QED) is 0.388. The first-order valence-electron chi connectivity index (χ1n) is 12.0. The summed E-state index contributed by atoms with van der Waals surface area (Å²) in [6.07, 6.45) is -6.33. The molecule has 0 spiro atoms. The molecule has 2 aromatic heterocycles. The number of halogens is 6. The van der Waals surface area contributed by atoms with Crippen molar-refractivity contribution in [3.8, 4) is 0 Å². The molecule has 1 amide bonds. The fourth-order valence-electron chi connectivity index (χ4n) is 5.10. The second kappa shape index (κ2) is 8.87. The number of nitrogens with zero attached hydrogens (tertiary/aromatic N) is 5. The first-order chi connectivity index (χ1) is 17.1. The topological polar surface area (TPSA) is 74.2 Å².